The number of aromatic amines is 1. The number of benzene rings is 1. The van der Waals surface area contributed by atoms with Crippen LogP contribution in [-0.4, -0.2) is 26.9 Å². The molecule has 3 aromatic rings. The maximum Gasteiger partial charge on any atom is 0.170 e. The van der Waals surface area contributed by atoms with E-state index in [9.17, 15) is 5.11 Å². The van der Waals surface area contributed by atoms with Crippen LogP contribution in [0, 0.1) is 11.3 Å². The zero-order chi connectivity index (χ0) is 15.1. The van der Waals surface area contributed by atoms with E-state index in [-0.39, 0.29) is 0 Å². The maximum absolute atomic E-state index is 10.0. The second-order valence-corrected chi connectivity index (χ2v) is 5.23. The Labute approximate surface area is 126 Å². The Hall–Kier alpha value is -2.75. The highest BCUT2D eigenvalue weighted by molar-refractivity contribution is 5.88. The predicted octanol–water partition coefficient (Wildman–Crippen LogP) is 2.06. The number of H-pyrrole nitrogens is 1. The van der Waals surface area contributed by atoms with E-state index in [0.29, 0.717) is 18.9 Å². The lowest BCUT2D eigenvalue weighted by molar-refractivity contribution is 0.00981. The van der Waals surface area contributed by atoms with Gasteiger partial charge in [0, 0.05) is 28.9 Å². The molecular formula is C16H12N4O2. The van der Waals surface area contributed by atoms with Crippen molar-refractivity contribution in [1.29, 1.82) is 5.26 Å². The Kier molecular flexibility index (Phi) is 2.89. The van der Waals surface area contributed by atoms with Gasteiger partial charge < -0.3 is 9.84 Å². The van der Waals surface area contributed by atoms with E-state index in [4.69, 9.17) is 10.00 Å². The van der Waals surface area contributed by atoms with Crippen molar-refractivity contribution in [2.75, 3.05) is 6.61 Å². The number of pyridine rings is 1. The summed E-state index contributed by atoms with van der Waals surface area (Å²) in [6.07, 6.45) is 2.81. The summed E-state index contributed by atoms with van der Waals surface area (Å²) in [5, 5.41) is 26.7. The van der Waals surface area contributed by atoms with Gasteiger partial charge in [-0.1, -0.05) is 6.07 Å². The zero-order valence-electron chi connectivity index (χ0n) is 11.6. The van der Waals surface area contributed by atoms with Crippen molar-refractivity contribution < 1.29 is 9.84 Å². The van der Waals surface area contributed by atoms with Crippen LogP contribution in [0.25, 0.3) is 22.0 Å². The Balaban J connectivity index is 1.89. The third-order valence-corrected chi connectivity index (χ3v) is 3.95. The molecule has 108 valence electrons. The third kappa shape index (κ3) is 1.88. The van der Waals surface area contributed by atoms with Crippen molar-refractivity contribution in [1.82, 2.24) is 15.2 Å². The van der Waals surface area contributed by atoms with Crippen LogP contribution in [0.2, 0.25) is 0 Å². The molecule has 0 saturated carbocycles. The smallest absolute Gasteiger partial charge is 0.170 e. The fourth-order valence-electron chi connectivity index (χ4n) is 2.84. The molecule has 22 heavy (non-hydrogen) atoms. The number of rotatable bonds is 1. The van der Waals surface area contributed by atoms with Gasteiger partial charge in [0.05, 0.1) is 18.7 Å². The minimum Gasteiger partial charge on any atom is -0.386 e. The molecule has 0 radical (unpaired) electrons. The number of ether oxygens (including phenoxy) is 1. The van der Waals surface area contributed by atoms with Gasteiger partial charge >= 0.3 is 0 Å². The predicted molar refractivity (Wildman–Crippen MR) is 78.7 cm³/mol. The lowest BCUT2D eigenvalue weighted by Crippen LogP contribution is -2.17. The fourth-order valence-corrected chi connectivity index (χ4v) is 2.84. The quantitative estimate of drug-likeness (QED) is 0.716. The zero-order valence-corrected chi connectivity index (χ0v) is 11.6. The molecule has 0 aliphatic carbocycles. The number of nitrogens with zero attached hydrogens (tertiary/aromatic N) is 3. The number of nitrogens with one attached hydrogen (secondary N) is 1. The number of aliphatic hydroxyl groups excluding tert-OH is 1. The first kappa shape index (κ1) is 13.0. The molecule has 1 aromatic carbocycles. The van der Waals surface area contributed by atoms with Gasteiger partial charge in [-0.25, -0.2) is 0 Å². The van der Waals surface area contributed by atoms with Crippen LogP contribution >= 0.6 is 0 Å². The summed E-state index contributed by atoms with van der Waals surface area (Å²) in [4.78, 5) is 4.23. The average Bonchev–Trinajstić information content (AvgIpc) is 2.97. The molecule has 2 N–H and O–H groups in total. The topological polar surface area (TPSA) is 94.8 Å². The molecule has 1 aliphatic heterocycles. The minimum absolute atomic E-state index is 0.295. The number of nitriles is 1. The summed E-state index contributed by atoms with van der Waals surface area (Å²) in [5.41, 5.74) is 4.81. The van der Waals surface area contributed by atoms with E-state index in [0.717, 1.165) is 33.2 Å². The second kappa shape index (κ2) is 4.91. The van der Waals surface area contributed by atoms with Gasteiger partial charge in [-0.3, -0.25) is 10.1 Å². The Morgan fingerprint density at radius 3 is 3.14 bits per heavy atom. The Morgan fingerprint density at radius 1 is 1.36 bits per heavy atom. The number of aliphatic hydroxyl groups is 1. The molecule has 6 heteroatoms. The molecule has 3 heterocycles. The molecule has 0 fully saturated rings. The normalized spacial score (nSPS) is 17.2. The summed E-state index contributed by atoms with van der Waals surface area (Å²) in [7, 11) is 0. The maximum atomic E-state index is 10.0. The van der Waals surface area contributed by atoms with Crippen molar-refractivity contribution in [3.8, 4) is 17.2 Å². The minimum atomic E-state index is -0.641. The second-order valence-electron chi connectivity index (χ2n) is 5.23. The number of hydrogen-bond donors (Lipinski definition) is 2. The molecule has 1 atom stereocenters. The molecule has 4 rings (SSSR count). The number of hydrogen-bond acceptors (Lipinski definition) is 5. The highest BCUT2D eigenvalue weighted by Crippen LogP contribution is 2.33. The van der Waals surface area contributed by atoms with E-state index in [1.54, 1.807) is 12.4 Å². The summed E-state index contributed by atoms with van der Waals surface area (Å²) in [6, 6.07) is 7.78. The summed E-state index contributed by atoms with van der Waals surface area (Å²) < 4.78 is 5.44. The number of fused-ring (bicyclic) bond motifs is 2. The van der Waals surface area contributed by atoms with Gasteiger partial charge in [0.2, 0.25) is 0 Å². The van der Waals surface area contributed by atoms with Crippen molar-refractivity contribution in [2.24, 2.45) is 0 Å². The molecular weight excluding hydrogens is 280 g/mol. The summed E-state index contributed by atoms with van der Waals surface area (Å²) in [5.74, 6) is 0. The molecule has 0 amide bonds. The van der Waals surface area contributed by atoms with Crippen LogP contribution in [0.5, 0.6) is 0 Å². The molecule has 1 aliphatic rings. The lowest BCUT2D eigenvalue weighted by Gasteiger charge is -2.23. The van der Waals surface area contributed by atoms with E-state index >= 15 is 0 Å². The highest BCUT2D eigenvalue weighted by atomic mass is 16.5. The van der Waals surface area contributed by atoms with Gasteiger partial charge in [0.25, 0.3) is 0 Å². The first-order chi connectivity index (χ1) is 10.8. The first-order valence-electron chi connectivity index (χ1n) is 6.89. The van der Waals surface area contributed by atoms with Crippen molar-refractivity contribution in [3.63, 3.8) is 0 Å². The summed E-state index contributed by atoms with van der Waals surface area (Å²) >= 11 is 0. The van der Waals surface area contributed by atoms with Crippen LogP contribution in [-0.2, 0) is 11.3 Å². The molecule has 1 unspecified atom stereocenters. The Morgan fingerprint density at radius 2 is 2.27 bits per heavy atom. The van der Waals surface area contributed by atoms with E-state index in [2.05, 4.69) is 21.3 Å². The first-order valence-corrected chi connectivity index (χ1v) is 6.89. The fraction of sp³-hybridized carbons (Fsp3) is 0.188. The molecule has 0 spiro atoms. The molecule has 0 saturated heterocycles. The van der Waals surface area contributed by atoms with Crippen LogP contribution in [0.1, 0.15) is 22.9 Å². The van der Waals surface area contributed by atoms with Crippen molar-refractivity contribution in [2.45, 2.75) is 12.7 Å². The van der Waals surface area contributed by atoms with Crippen LogP contribution < -0.4 is 0 Å². The van der Waals surface area contributed by atoms with Gasteiger partial charge in [0.1, 0.15) is 12.2 Å². The number of aromatic nitrogens is 3. The van der Waals surface area contributed by atoms with E-state index in [1.165, 1.54) is 0 Å². The van der Waals surface area contributed by atoms with Crippen LogP contribution in [0.15, 0.2) is 30.6 Å². The average molecular weight is 292 g/mol. The van der Waals surface area contributed by atoms with E-state index in [1.807, 2.05) is 18.2 Å². The summed E-state index contributed by atoms with van der Waals surface area (Å²) in [6.45, 7) is 0.748. The molecule has 6 nitrogen and oxygen atoms in total. The standard InChI is InChI=1S/C16H12N4O2/c17-4-15-10-2-1-9(3-14(10)19-20-15)11-5-18-6-12-13(11)7-22-8-16(12)21/h1-3,5-6,16,21H,7-8H2,(H,19,20). The van der Waals surface area contributed by atoms with Gasteiger partial charge in [0.15, 0.2) is 5.69 Å². The SMILES string of the molecule is N#Cc1n[nH]c2cc(-c3cncc4c3COCC4O)ccc12. The van der Waals surface area contributed by atoms with Crippen LogP contribution in [0.4, 0.5) is 0 Å². The highest BCUT2D eigenvalue weighted by Gasteiger charge is 2.22. The van der Waals surface area contributed by atoms with Gasteiger partial charge in [-0.2, -0.15) is 10.4 Å². The van der Waals surface area contributed by atoms with Gasteiger partial charge in [-0.15, -0.1) is 0 Å². The van der Waals surface area contributed by atoms with Crippen LogP contribution in [0.3, 0.4) is 0 Å². The lowest BCUT2D eigenvalue weighted by atomic mass is 9.94. The molecule has 0 bridgehead atoms. The van der Waals surface area contributed by atoms with Crippen molar-refractivity contribution in [3.05, 3.63) is 47.4 Å². The Bertz CT molecular complexity index is 910. The van der Waals surface area contributed by atoms with Crippen molar-refractivity contribution >= 4 is 10.9 Å². The largest absolute Gasteiger partial charge is 0.386 e. The van der Waals surface area contributed by atoms with Gasteiger partial charge in [-0.05, 0) is 23.3 Å². The third-order valence-electron chi connectivity index (χ3n) is 3.95. The van der Waals surface area contributed by atoms with E-state index < -0.39 is 6.10 Å². The molecule has 2 aromatic heterocycles. The monoisotopic (exact) mass is 292 g/mol.